The van der Waals surface area contributed by atoms with E-state index in [1.807, 2.05) is 0 Å². The Morgan fingerprint density at radius 1 is 1.06 bits per heavy atom. The predicted molar refractivity (Wildman–Crippen MR) is 122 cm³/mol. The molecule has 8 nitrogen and oxygen atoms in total. The Morgan fingerprint density at radius 2 is 1.76 bits per heavy atom. The van der Waals surface area contributed by atoms with Crippen molar-refractivity contribution in [1.29, 1.82) is 0 Å². The number of ether oxygens (including phenoxy) is 3. The number of carbonyl (C=O) groups excluding carboxylic acids is 3. The van der Waals surface area contributed by atoms with Crippen LogP contribution in [0.2, 0.25) is 0 Å². The first-order valence-electron chi connectivity index (χ1n) is 11.0. The number of amides is 2. The summed E-state index contributed by atoms with van der Waals surface area (Å²) in [5.74, 6) is -0.854. The summed E-state index contributed by atoms with van der Waals surface area (Å²) in [4.78, 5) is 39.6. The number of hydrogen-bond donors (Lipinski definition) is 1. The second kappa shape index (κ2) is 11.5. The lowest BCUT2D eigenvalue weighted by Gasteiger charge is -2.33. The fourth-order valence-electron chi connectivity index (χ4n) is 4.01. The van der Waals surface area contributed by atoms with Crippen LogP contribution in [-0.4, -0.2) is 57.1 Å². The van der Waals surface area contributed by atoms with Gasteiger partial charge in [-0.3, -0.25) is 14.4 Å². The van der Waals surface area contributed by atoms with Crippen LogP contribution >= 0.6 is 0 Å². The van der Waals surface area contributed by atoms with Gasteiger partial charge in [-0.1, -0.05) is 6.07 Å². The van der Waals surface area contributed by atoms with Crippen LogP contribution in [0, 0.1) is 11.7 Å². The van der Waals surface area contributed by atoms with E-state index < -0.39 is 23.7 Å². The first kappa shape index (κ1) is 25.0. The van der Waals surface area contributed by atoms with Crippen LogP contribution < -0.4 is 14.8 Å². The quantitative estimate of drug-likeness (QED) is 0.594. The Morgan fingerprint density at radius 3 is 2.41 bits per heavy atom. The molecular weight excluding hydrogens is 443 g/mol. The van der Waals surface area contributed by atoms with Gasteiger partial charge in [-0.2, -0.15) is 0 Å². The number of likely N-dealkylation sites (tertiary alicyclic amines) is 1. The highest BCUT2D eigenvalue weighted by Gasteiger charge is 2.31. The minimum absolute atomic E-state index is 0.0668. The van der Waals surface area contributed by atoms with Crippen LogP contribution in [0.25, 0.3) is 0 Å². The van der Waals surface area contributed by atoms with Gasteiger partial charge in [-0.05, 0) is 54.8 Å². The smallest absolute Gasteiger partial charge is 0.307 e. The Bertz CT molecular complexity index is 1030. The second-order valence-corrected chi connectivity index (χ2v) is 8.05. The van der Waals surface area contributed by atoms with Gasteiger partial charge in [-0.15, -0.1) is 0 Å². The minimum atomic E-state index is -0.650. The maximum absolute atomic E-state index is 13.2. The van der Waals surface area contributed by atoms with Crippen molar-refractivity contribution in [2.75, 3.05) is 34.4 Å². The van der Waals surface area contributed by atoms with E-state index >= 15 is 0 Å². The molecule has 1 N–H and O–H groups in total. The summed E-state index contributed by atoms with van der Waals surface area (Å²) in [6, 6.07) is 9.86. The third-order valence-electron chi connectivity index (χ3n) is 5.90. The highest BCUT2D eigenvalue weighted by molar-refractivity contribution is 5.94. The summed E-state index contributed by atoms with van der Waals surface area (Å²) in [6.07, 6.45) is 1.20. The zero-order chi connectivity index (χ0) is 24.7. The number of piperidine rings is 1. The predicted octanol–water partition coefficient (Wildman–Crippen LogP) is 3.12. The van der Waals surface area contributed by atoms with E-state index in [4.69, 9.17) is 14.2 Å². The van der Waals surface area contributed by atoms with E-state index in [0.29, 0.717) is 42.0 Å². The fourth-order valence-corrected chi connectivity index (χ4v) is 4.01. The largest absolute Gasteiger partial charge is 0.493 e. The van der Waals surface area contributed by atoms with Crippen LogP contribution in [-0.2, 0) is 14.3 Å². The van der Waals surface area contributed by atoms with Gasteiger partial charge in [0.2, 0.25) is 5.91 Å². The third kappa shape index (κ3) is 6.03. The average molecular weight is 473 g/mol. The molecule has 1 aliphatic heterocycles. The van der Waals surface area contributed by atoms with Gasteiger partial charge in [0, 0.05) is 18.7 Å². The van der Waals surface area contributed by atoms with Gasteiger partial charge < -0.3 is 24.4 Å². The molecule has 0 aromatic heterocycles. The number of hydrogen-bond acceptors (Lipinski definition) is 6. The minimum Gasteiger partial charge on any atom is -0.493 e. The van der Waals surface area contributed by atoms with Gasteiger partial charge in [0.05, 0.1) is 39.7 Å². The standard InChI is InChI=1S/C25H29FN2O6/c1-32-21-11-8-17(13-22(21)33-2)20(14-23(29)34-3)27-24(30)18-5-4-12-28(15-18)25(31)16-6-9-19(26)10-7-16/h6-11,13,18,20H,4-5,12,14-15H2,1-3H3,(H,27,30). The summed E-state index contributed by atoms with van der Waals surface area (Å²) >= 11 is 0. The topological polar surface area (TPSA) is 94.2 Å². The summed E-state index contributed by atoms with van der Waals surface area (Å²) < 4.78 is 28.6. The molecule has 2 aromatic rings. The van der Waals surface area contributed by atoms with Crippen molar-refractivity contribution in [3.05, 3.63) is 59.4 Å². The number of esters is 1. The molecule has 1 heterocycles. The molecule has 0 aliphatic carbocycles. The van der Waals surface area contributed by atoms with Gasteiger partial charge in [0.1, 0.15) is 5.82 Å². The average Bonchev–Trinajstić information content (AvgIpc) is 2.87. The van der Waals surface area contributed by atoms with Crippen molar-refractivity contribution in [3.63, 3.8) is 0 Å². The number of rotatable bonds is 8. The molecule has 0 saturated carbocycles. The molecule has 0 radical (unpaired) electrons. The number of nitrogens with one attached hydrogen (secondary N) is 1. The SMILES string of the molecule is COC(=O)CC(NC(=O)C1CCCN(C(=O)c2ccc(F)cc2)C1)c1ccc(OC)c(OC)c1. The van der Waals surface area contributed by atoms with Gasteiger partial charge in [-0.25, -0.2) is 4.39 Å². The molecule has 2 aromatic carbocycles. The van der Waals surface area contributed by atoms with E-state index in [9.17, 15) is 18.8 Å². The van der Waals surface area contributed by atoms with Gasteiger partial charge in [0.25, 0.3) is 5.91 Å². The summed E-state index contributed by atoms with van der Waals surface area (Å²) in [7, 11) is 4.31. The lowest BCUT2D eigenvalue weighted by Crippen LogP contribution is -2.46. The van der Waals surface area contributed by atoms with Crippen molar-refractivity contribution in [2.45, 2.75) is 25.3 Å². The van der Waals surface area contributed by atoms with Crippen molar-refractivity contribution < 1.29 is 33.0 Å². The number of nitrogens with zero attached hydrogens (tertiary/aromatic N) is 1. The maximum atomic E-state index is 13.2. The van der Waals surface area contributed by atoms with Gasteiger partial charge in [0.15, 0.2) is 11.5 Å². The first-order valence-corrected chi connectivity index (χ1v) is 11.0. The second-order valence-electron chi connectivity index (χ2n) is 8.05. The van der Waals surface area contributed by atoms with Crippen molar-refractivity contribution in [1.82, 2.24) is 10.2 Å². The third-order valence-corrected chi connectivity index (χ3v) is 5.90. The highest BCUT2D eigenvalue weighted by Crippen LogP contribution is 2.31. The van der Waals surface area contributed by atoms with E-state index in [1.165, 1.54) is 45.6 Å². The van der Waals surface area contributed by atoms with E-state index in [1.54, 1.807) is 23.1 Å². The molecule has 2 unspecified atom stereocenters. The maximum Gasteiger partial charge on any atom is 0.307 e. The van der Waals surface area contributed by atoms with Crippen LogP contribution in [0.5, 0.6) is 11.5 Å². The molecule has 2 atom stereocenters. The normalized spacial score (nSPS) is 16.4. The molecule has 2 amide bonds. The highest BCUT2D eigenvalue weighted by atomic mass is 19.1. The van der Waals surface area contributed by atoms with Crippen LogP contribution in [0.3, 0.4) is 0 Å². The molecule has 0 spiro atoms. The van der Waals surface area contributed by atoms with Crippen LogP contribution in [0.15, 0.2) is 42.5 Å². The van der Waals surface area contributed by atoms with E-state index in [2.05, 4.69) is 5.32 Å². The first-order chi connectivity index (χ1) is 16.4. The zero-order valence-corrected chi connectivity index (χ0v) is 19.5. The molecule has 182 valence electrons. The number of methoxy groups -OCH3 is 3. The molecule has 1 aliphatic rings. The lowest BCUT2D eigenvalue weighted by molar-refractivity contribution is -0.141. The number of halogens is 1. The van der Waals surface area contributed by atoms with Crippen molar-refractivity contribution in [2.24, 2.45) is 5.92 Å². The Kier molecular flexibility index (Phi) is 8.45. The van der Waals surface area contributed by atoms with Crippen molar-refractivity contribution in [3.8, 4) is 11.5 Å². The number of carbonyl (C=O) groups is 3. The molecule has 1 saturated heterocycles. The zero-order valence-electron chi connectivity index (χ0n) is 19.5. The Hall–Kier alpha value is -3.62. The van der Waals surface area contributed by atoms with E-state index in [0.717, 1.165) is 0 Å². The molecule has 9 heteroatoms. The van der Waals surface area contributed by atoms with Crippen molar-refractivity contribution >= 4 is 17.8 Å². The fraction of sp³-hybridized carbons (Fsp3) is 0.400. The van der Waals surface area contributed by atoms with Crippen LogP contribution in [0.1, 0.15) is 41.2 Å². The lowest BCUT2D eigenvalue weighted by atomic mass is 9.95. The summed E-state index contributed by atoms with van der Waals surface area (Å²) in [5.41, 5.74) is 1.03. The molecule has 1 fully saturated rings. The summed E-state index contributed by atoms with van der Waals surface area (Å²) in [5, 5.41) is 2.94. The van der Waals surface area contributed by atoms with E-state index in [-0.39, 0.29) is 24.8 Å². The summed E-state index contributed by atoms with van der Waals surface area (Å²) in [6.45, 7) is 0.750. The molecule has 34 heavy (non-hydrogen) atoms. The monoisotopic (exact) mass is 472 g/mol. The van der Waals surface area contributed by atoms with Crippen LogP contribution in [0.4, 0.5) is 4.39 Å². The van der Waals surface area contributed by atoms with Gasteiger partial charge >= 0.3 is 5.97 Å². The molecule has 3 rings (SSSR count). The Labute approximate surface area is 198 Å². The molecule has 0 bridgehead atoms. The number of benzene rings is 2. The molecular formula is C25H29FN2O6. The Balaban J connectivity index is 1.74.